The predicted octanol–water partition coefficient (Wildman–Crippen LogP) is 1.41. The minimum atomic E-state index is -4.45. The Bertz CT molecular complexity index is 589. The van der Waals surface area contributed by atoms with Crippen molar-refractivity contribution in [3.63, 3.8) is 0 Å². The zero-order valence-electron chi connectivity index (χ0n) is 17.3. The number of benzene rings is 1. The molecule has 1 aromatic rings. The van der Waals surface area contributed by atoms with E-state index < -0.39 is 21.8 Å². The fraction of sp³-hybridized carbons (Fsp3) is 0.700. The van der Waals surface area contributed by atoms with Gasteiger partial charge in [-0.15, -0.1) is 0 Å². The monoisotopic (exact) mass is 408 g/mol. The molecule has 1 aromatic carbocycles. The van der Waals surface area contributed by atoms with Crippen LogP contribution in [0.1, 0.15) is 70.4 Å². The Hall–Kier alpha value is 0.0500. The van der Waals surface area contributed by atoms with E-state index >= 15 is 0 Å². The first-order valence-corrected chi connectivity index (χ1v) is 11.1. The minimum absolute atomic E-state index is 0. The average Bonchev–Trinajstić information content (AvgIpc) is 2.58. The molecule has 2 atom stereocenters. The molecule has 0 bridgehead atoms. The topological polar surface area (TPSA) is 75.7 Å². The standard InChI is InChI=1S/C20H34O5S.Na/c1-4-5-6-7-8-9-10-19-11-13-20(14-12-19)15-16-24-17(2)25-18(3)26(21,22)23;/h11-14,17-18H,4-10,15-16H2,1-3H3,(H,21,22,23);/q;+1/p-1. The van der Waals surface area contributed by atoms with Crippen molar-refractivity contribution in [1.29, 1.82) is 0 Å². The van der Waals surface area contributed by atoms with Crippen molar-refractivity contribution >= 4 is 10.1 Å². The summed E-state index contributed by atoms with van der Waals surface area (Å²) in [6.45, 7) is 5.44. The fourth-order valence-corrected chi connectivity index (χ4v) is 2.99. The van der Waals surface area contributed by atoms with Gasteiger partial charge in [0.2, 0.25) is 0 Å². The molecule has 0 saturated heterocycles. The maximum absolute atomic E-state index is 10.8. The summed E-state index contributed by atoms with van der Waals surface area (Å²) >= 11 is 0. The molecule has 0 saturated carbocycles. The van der Waals surface area contributed by atoms with Gasteiger partial charge in [-0.25, -0.2) is 8.42 Å². The minimum Gasteiger partial charge on any atom is -0.746 e. The zero-order valence-corrected chi connectivity index (χ0v) is 20.1. The molecule has 0 N–H and O–H groups in total. The number of ether oxygens (including phenoxy) is 2. The quantitative estimate of drug-likeness (QED) is 0.201. The molecule has 2 unspecified atom stereocenters. The van der Waals surface area contributed by atoms with Crippen molar-refractivity contribution in [2.45, 2.75) is 83.9 Å². The van der Waals surface area contributed by atoms with Crippen LogP contribution in [0, 0.1) is 0 Å². The van der Waals surface area contributed by atoms with E-state index in [4.69, 9.17) is 9.47 Å². The van der Waals surface area contributed by atoms with Crippen molar-refractivity contribution in [2.75, 3.05) is 6.61 Å². The molecule has 27 heavy (non-hydrogen) atoms. The van der Waals surface area contributed by atoms with Crippen LogP contribution < -0.4 is 29.6 Å². The van der Waals surface area contributed by atoms with Gasteiger partial charge in [-0.3, -0.25) is 0 Å². The predicted molar refractivity (Wildman–Crippen MR) is 103 cm³/mol. The largest absolute Gasteiger partial charge is 1.00 e. The maximum atomic E-state index is 10.8. The molecule has 0 aromatic heterocycles. The second-order valence-electron chi connectivity index (χ2n) is 6.72. The van der Waals surface area contributed by atoms with Gasteiger partial charge < -0.3 is 14.0 Å². The molecular weight excluding hydrogens is 375 g/mol. The van der Waals surface area contributed by atoms with Crippen molar-refractivity contribution in [1.82, 2.24) is 0 Å². The summed E-state index contributed by atoms with van der Waals surface area (Å²) in [6.07, 6.45) is 8.93. The Kier molecular flexibility index (Phi) is 15.0. The molecule has 0 aliphatic heterocycles. The SMILES string of the molecule is CCCCCCCCc1ccc(CCOC(C)OC(C)S(=O)(=O)[O-])cc1.[Na+]. The summed E-state index contributed by atoms with van der Waals surface area (Å²) in [5.74, 6) is 0. The Labute approximate surface area is 187 Å². The van der Waals surface area contributed by atoms with E-state index in [0.29, 0.717) is 13.0 Å². The van der Waals surface area contributed by atoms with Gasteiger partial charge in [-0.05, 0) is 44.2 Å². The third kappa shape index (κ3) is 13.0. The summed E-state index contributed by atoms with van der Waals surface area (Å²) in [7, 11) is -4.45. The maximum Gasteiger partial charge on any atom is 1.00 e. The van der Waals surface area contributed by atoms with Gasteiger partial charge in [0, 0.05) is 0 Å². The number of hydrogen-bond acceptors (Lipinski definition) is 5. The smallest absolute Gasteiger partial charge is 0.746 e. The Balaban J connectivity index is 0.00000676. The third-order valence-corrected chi connectivity index (χ3v) is 5.30. The van der Waals surface area contributed by atoms with Crippen LogP contribution in [0.4, 0.5) is 0 Å². The Morgan fingerprint density at radius 2 is 1.44 bits per heavy atom. The third-order valence-electron chi connectivity index (χ3n) is 4.38. The van der Waals surface area contributed by atoms with Gasteiger partial charge in [0.25, 0.3) is 0 Å². The van der Waals surface area contributed by atoms with Crippen molar-refractivity contribution in [3.8, 4) is 0 Å². The zero-order chi connectivity index (χ0) is 19.4. The first kappa shape index (κ1) is 27.0. The molecule has 1 rings (SSSR count). The molecular formula is C20H33NaO5S. The van der Waals surface area contributed by atoms with E-state index in [9.17, 15) is 13.0 Å². The number of rotatable bonds is 14. The van der Waals surface area contributed by atoms with Gasteiger partial charge in [0.1, 0.15) is 15.6 Å². The molecule has 5 nitrogen and oxygen atoms in total. The summed E-state index contributed by atoms with van der Waals surface area (Å²) in [6, 6.07) is 8.53. The Morgan fingerprint density at radius 1 is 0.926 bits per heavy atom. The number of aryl methyl sites for hydroxylation is 1. The van der Waals surface area contributed by atoms with Crippen LogP contribution in [0.25, 0.3) is 0 Å². The molecule has 0 radical (unpaired) electrons. The molecule has 0 aliphatic rings. The van der Waals surface area contributed by atoms with Gasteiger partial charge in [0.05, 0.1) is 6.61 Å². The van der Waals surface area contributed by atoms with Crippen LogP contribution in [0.2, 0.25) is 0 Å². The van der Waals surface area contributed by atoms with Crippen molar-refractivity contribution in [3.05, 3.63) is 35.4 Å². The van der Waals surface area contributed by atoms with Crippen LogP contribution in [0.15, 0.2) is 24.3 Å². The molecule has 0 amide bonds. The number of unbranched alkanes of at least 4 members (excludes halogenated alkanes) is 5. The summed E-state index contributed by atoms with van der Waals surface area (Å²) in [5, 5.41) is 0. The van der Waals surface area contributed by atoms with Crippen LogP contribution >= 0.6 is 0 Å². The van der Waals surface area contributed by atoms with E-state index in [-0.39, 0.29) is 29.6 Å². The molecule has 7 heteroatoms. The van der Waals surface area contributed by atoms with Crippen LogP contribution in [0.5, 0.6) is 0 Å². The Morgan fingerprint density at radius 3 is 2.00 bits per heavy atom. The fourth-order valence-electron chi connectivity index (χ4n) is 2.70. The van der Waals surface area contributed by atoms with Crippen molar-refractivity contribution in [2.24, 2.45) is 0 Å². The van der Waals surface area contributed by atoms with E-state index in [2.05, 4.69) is 31.2 Å². The van der Waals surface area contributed by atoms with E-state index in [0.717, 1.165) is 12.0 Å². The summed E-state index contributed by atoms with van der Waals surface area (Å²) in [4.78, 5) is 0. The normalized spacial score (nSPS) is 13.8. The van der Waals surface area contributed by atoms with Crippen LogP contribution in [0.3, 0.4) is 0 Å². The number of hydrogen-bond donors (Lipinski definition) is 0. The summed E-state index contributed by atoms with van der Waals surface area (Å²) in [5.41, 5.74) is 1.11. The van der Waals surface area contributed by atoms with E-state index in [1.54, 1.807) is 6.92 Å². The van der Waals surface area contributed by atoms with Gasteiger partial charge >= 0.3 is 29.6 Å². The van der Waals surface area contributed by atoms with Crippen LogP contribution in [-0.4, -0.2) is 31.3 Å². The van der Waals surface area contributed by atoms with Gasteiger partial charge in [-0.2, -0.15) is 0 Å². The molecule has 0 aliphatic carbocycles. The van der Waals surface area contributed by atoms with Gasteiger partial charge in [0.15, 0.2) is 6.29 Å². The second-order valence-corrected chi connectivity index (χ2v) is 8.37. The molecule has 0 fully saturated rings. The average molecular weight is 409 g/mol. The van der Waals surface area contributed by atoms with Crippen molar-refractivity contribution < 1.29 is 52.0 Å². The molecule has 0 spiro atoms. The molecule has 150 valence electrons. The first-order chi connectivity index (χ1) is 12.3. The van der Waals surface area contributed by atoms with Gasteiger partial charge in [-0.1, -0.05) is 63.3 Å². The summed E-state index contributed by atoms with van der Waals surface area (Å²) < 4.78 is 42.9. The van der Waals surface area contributed by atoms with E-state index in [1.165, 1.54) is 51.0 Å². The van der Waals surface area contributed by atoms with Crippen LogP contribution in [-0.2, 0) is 32.4 Å². The van der Waals surface area contributed by atoms with E-state index in [1.807, 2.05) is 0 Å². The first-order valence-electron chi connectivity index (χ1n) is 9.62. The second kappa shape index (κ2) is 15.0. The molecule has 0 heterocycles.